The maximum absolute atomic E-state index is 4.55. The molecule has 5 heteroatoms. The van der Waals surface area contributed by atoms with Gasteiger partial charge in [0.1, 0.15) is 5.82 Å². The summed E-state index contributed by atoms with van der Waals surface area (Å²) in [6.45, 7) is 9.06. The van der Waals surface area contributed by atoms with Gasteiger partial charge in [-0.25, -0.2) is 4.98 Å². The third-order valence-electron chi connectivity index (χ3n) is 6.34. The molecule has 0 amide bonds. The zero-order valence-corrected chi connectivity index (χ0v) is 16.4. The number of rotatable bonds is 3. The fraction of sp³-hybridized carbons (Fsp3) is 0.571. The first-order valence-corrected chi connectivity index (χ1v) is 9.77. The first kappa shape index (κ1) is 17.7. The van der Waals surface area contributed by atoms with Crippen molar-refractivity contribution in [3.8, 4) is 5.82 Å². The molecule has 0 saturated carbocycles. The summed E-state index contributed by atoms with van der Waals surface area (Å²) in [4.78, 5) is 12.3. The van der Waals surface area contributed by atoms with Crippen molar-refractivity contribution in [2.75, 3.05) is 46.8 Å². The minimum absolute atomic E-state index is 0.379. The summed E-state index contributed by atoms with van der Waals surface area (Å²) in [5.41, 5.74) is 2.95. The number of piperidine rings is 1. The Morgan fingerprint density at radius 1 is 1.08 bits per heavy atom. The minimum Gasteiger partial charge on any atom is -0.304 e. The van der Waals surface area contributed by atoms with E-state index < -0.39 is 0 Å². The first-order valence-electron chi connectivity index (χ1n) is 9.77. The van der Waals surface area contributed by atoms with Crippen molar-refractivity contribution in [2.24, 2.45) is 0 Å². The molecule has 0 bridgehead atoms. The number of likely N-dealkylation sites (tertiary alicyclic amines) is 1. The van der Waals surface area contributed by atoms with Crippen molar-refractivity contribution < 1.29 is 0 Å². The Morgan fingerprint density at radius 2 is 1.88 bits per heavy atom. The molecule has 2 fully saturated rings. The van der Waals surface area contributed by atoms with Crippen molar-refractivity contribution in [3.05, 3.63) is 47.9 Å². The molecule has 2 aliphatic rings. The molecule has 4 heterocycles. The molecule has 140 valence electrons. The summed E-state index contributed by atoms with van der Waals surface area (Å²) in [5, 5.41) is 0. The molecule has 2 aliphatic heterocycles. The predicted molar refractivity (Wildman–Crippen MR) is 106 cm³/mol. The topological polar surface area (TPSA) is 27.5 Å². The van der Waals surface area contributed by atoms with E-state index in [1.54, 1.807) is 0 Å². The Hall–Kier alpha value is -1.69. The van der Waals surface area contributed by atoms with E-state index in [1.807, 2.05) is 6.20 Å². The van der Waals surface area contributed by atoms with Gasteiger partial charge in [0.25, 0.3) is 0 Å². The summed E-state index contributed by atoms with van der Waals surface area (Å²) in [6, 6.07) is 8.57. The van der Waals surface area contributed by atoms with Crippen molar-refractivity contribution in [2.45, 2.75) is 31.8 Å². The van der Waals surface area contributed by atoms with Gasteiger partial charge >= 0.3 is 0 Å². The van der Waals surface area contributed by atoms with Crippen LogP contribution < -0.4 is 0 Å². The molecule has 0 aromatic carbocycles. The average Bonchev–Trinajstić information content (AvgIpc) is 3.09. The maximum atomic E-state index is 4.55. The van der Waals surface area contributed by atoms with Gasteiger partial charge in [-0.15, -0.1) is 0 Å². The Labute approximate surface area is 157 Å². The van der Waals surface area contributed by atoms with Gasteiger partial charge in [0, 0.05) is 62.9 Å². The van der Waals surface area contributed by atoms with Gasteiger partial charge in [-0.2, -0.15) is 0 Å². The average molecular weight is 354 g/mol. The predicted octanol–water partition coefficient (Wildman–Crippen LogP) is 2.39. The molecule has 0 aliphatic carbocycles. The van der Waals surface area contributed by atoms with Crippen LogP contribution in [0.4, 0.5) is 0 Å². The number of aryl methyl sites for hydroxylation is 1. The Balaban J connectivity index is 1.44. The normalized spacial score (nSPS) is 22.1. The van der Waals surface area contributed by atoms with Crippen molar-refractivity contribution >= 4 is 0 Å². The molecule has 2 aromatic rings. The van der Waals surface area contributed by atoms with Gasteiger partial charge in [0.05, 0.1) is 0 Å². The van der Waals surface area contributed by atoms with Crippen molar-refractivity contribution in [1.82, 2.24) is 24.3 Å². The van der Waals surface area contributed by atoms with E-state index in [2.05, 4.69) is 75.7 Å². The van der Waals surface area contributed by atoms with Crippen molar-refractivity contribution in [1.29, 1.82) is 0 Å². The second-order valence-corrected chi connectivity index (χ2v) is 8.22. The number of hydrogen-bond acceptors (Lipinski definition) is 4. The lowest BCUT2D eigenvalue weighted by molar-refractivity contribution is -0.0208. The SMILES string of the molecule is Cc1ccnc(-n2cccc2CN2CCC3(CC2)CN(C)CCN3C)c1. The third kappa shape index (κ3) is 3.43. The van der Waals surface area contributed by atoms with Crippen LogP contribution in [0, 0.1) is 6.92 Å². The van der Waals surface area contributed by atoms with Crippen LogP contribution in [-0.2, 0) is 6.54 Å². The second kappa shape index (κ2) is 7.14. The standard InChI is InChI=1S/C21H31N5/c1-18-6-9-22-20(15-18)26-10-4-5-19(26)16-25-11-7-21(8-12-25)17-23(2)13-14-24(21)3/h4-6,9-10,15H,7-8,11-14,16-17H2,1-3H3. The fourth-order valence-electron chi connectivity index (χ4n) is 4.58. The Morgan fingerprint density at radius 3 is 2.65 bits per heavy atom. The number of nitrogens with zero attached hydrogens (tertiary/aromatic N) is 5. The van der Waals surface area contributed by atoms with Gasteiger partial charge in [0.15, 0.2) is 0 Å². The zero-order valence-electron chi connectivity index (χ0n) is 16.4. The number of hydrogen-bond donors (Lipinski definition) is 0. The van der Waals surface area contributed by atoms with Crippen LogP contribution in [0.25, 0.3) is 5.82 Å². The molecule has 0 atom stereocenters. The van der Waals surface area contributed by atoms with E-state index in [0.29, 0.717) is 5.54 Å². The largest absolute Gasteiger partial charge is 0.304 e. The van der Waals surface area contributed by atoms with Crippen molar-refractivity contribution in [3.63, 3.8) is 0 Å². The summed E-state index contributed by atoms with van der Waals surface area (Å²) >= 11 is 0. The third-order valence-corrected chi connectivity index (χ3v) is 6.34. The highest BCUT2D eigenvalue weighted by molar-refractivity contribution is 5.30. The zero-order chi connectivity index (χ0) is 18.1. The Kier molecular flexibility index (Phi) is 4.86. The highest BCUT2D eigenvalue weighted by atomic mass is 15.3. The van der Waals surface area contributed by atoms with E-state index in [0.717, 1.165) is 12.4 Å². The first-order chi connectivity index (χ1) is 12.6. The Bertz CT molecular complexity index is 744. The van der Waals surface area contributed by atoms with Gasteiger partial charge in [0.2, 0.25) is 0 Å². The highest BCUT2D eigenvalue weighted by Crippen LogP contribution is 2.31. The number of piperazine rings is 1. The van der Waals surface area contributed by atoms with Crippen LogP contribution in [0.3, 0.4) is 0 Å². The lowest BCUT2D eigenvalue weighted by Crippen LogP contribution is -2.63. The molecular formula is C21H31N5. The monoisotopic (exact) mass is 353 g/mol. The highest BCUT2D eigenvalue weighted by Gasteiger charge is 2.41. The summed E-state index contributed by atoms with van der Waals surface area (Å²) in [5.74, 6) is 1.02. The molecule has 1 spiro atoms. The maximum Gasteiger partial charge on any atom is 0.137 e. The lowest BCUT2D eigenvalue weighted by atomic mass is 9.84. The van der Waals surface area contributed by atoms with E-state index in [1.165, 1.54) is 56.8 Å². The molecule has 5 nitrogen and oxygen atoms in total. The van der Waals surface area contributed by atoms with Gasteiger partial charge in [-0.3, -0.25) is 9.80 Å². The van der Waals surface area contributed by atoms with Crippen LogP contribution in [-0.4, -0.2) is 76.6 Å². The second-order valence-electron chi connectivity index (χ2n) is 8.22. The summed E-state index contributed by atoms with van der Waals surface area (Å²) < 4.78 is 2.23. The van der Waals surface area contributed by atoms with E-state index in [4.69, 9.17) is 0 Å². The molecule has 0 radical (unpaired) electrons. The number of likely N-dealkylation sites (N-methyl/N-ethyl adjacent to an activating group) is 2. The molecular weight excluding hydrogens is 322 g/mol. The molecule has 0 N–H and O–H groups in total. The molecule has 0 unspecified atom stereocenters. The summed E-state index contributed by atoms with van der Waals surface area (Å²) in [7, 11) is 4.58. The van der Waals surface area contributed by atoms with E-state index in [-0.39, 0.29) is 0 Å². The molecule has 2 aromatic heterocycles. The quantitative estimate of drug-likeness (QED) is 0.847. The summed E-state index contributed by atoms with van der Waals surface area (Å²) in [6.07, 6.45) is 6.55. The van der Waals surface area contributed by atoms with Crippen LogP contribution in [0.1, 0.15) is 24.1 Å². The number of pyridine rings is 1. The van der Waals surface area contributed by atoms with Gasteiger partial charge < -0.3 is 9.47 Å². The minimum atomic E-state index is 0.379. The molecule has 4 rings (SSSR count). The smallest absolute Gasteiger partial charge is 0.137 e. The van der Waals surface area contributed by atoms with Crippen LogP contribution in [0.5, 0.6) is 0 Å². The van der Waals surface area contributed by atoms with Gasteiger partial charge in [-0.1, -0.05) is 0 Å². The number of aromatic nitrogens is 2. The van der Waals surface area contributed by atoms with Crippen LogP contribution in [0.2, 0.25) is 0 Å². The van der Waals surface area contributed by atoms with Gasteiger partial charge in [-0.05, 0) is 63.7 Å². The van der Waals surface area contributed by atoms with E-state index in [9.17, 15) is 0 Å². The van der Waals surface area contributed by atoms with E-state index >= 15 is 0 Å². The lowest BCUT2D eigenvalue weighted by Gasteiger charge is -2.52. The fourth-order valence-corrected chi connectivity index (χ4v) is 4.58. The molecule has 26 heavy (non-hydrogen) atoms. The van der Waals surface area contributed by atoms with Crippen LogP contribution in [0.15, 0.2) is 36.7 Å². The van der Waals surface area contributed by atoms with Crippen LogP contribution >= 0.6 is 0 Å². The molecule has 2 saturated heterocycles.